The number of hydrogen-bond donors (Lipinski definition) is 2. The summed E-state index contributed by atoms with van der Waals surface area (Å²) in [4.78, 5) is 20.6. The van der Waals surface area contributed by atoms with Gasteiger partial charge in [-0.1, -0.05) is 0 Å². The number of carbonyl (C=O) groups is 1. The zero-order valence-electron chi connectivity index (χ0n) is 16.6. The van der Waals surface area contributed by atoms with Crippen LogP contribution in [0.25, 0.3) is 0 Å². The molecule has 1 atom stereocenters. The number of halogens is 6. The minimum absolute atomic E-state index is 0.00434. The summed E-state index contributed by atoms with van der Waals surface area (Å²) >= 11 is -1.85. The van der Waals surface area contributed by atoms with Gasteiger partial charge in [0.15, 0.2) is 0 Å². The number of rotatable bonds is 5. The summed E-state index contributed by atoms with van der Waals surface area (Å²) in [6, 6.07) is 2.86. The SMILES string of the molecule is O=C1N=C(OCc2cc(F)c(Oc3ccnc(C(F)(F)F)c3)c(F)c2)CC2NI(CO)CN12. The molecule has 1 aromatic heterocycles. The molecule has 2 aliphatic rings. The number of fused-ring (bicyclic) bond motifs is 1. The second kappa shape index (κ2) is 9.34. The number of pyridine rings is 1. The number of aliphatic imine (C=N–C) groups is 1. The fraction of sp³-hybridized carbons (Fsp3) is 0.316. The quantitative estimate of drug-likeness (QED) is 0.180. The van der Waals surface area contributed by atoms with Crippen molar-refractivity contribution in [2.45, 2.75) is 25.4 Å². The molecule has 0 saturated carbocycles. The van der Waals surface area contributed by atoms with E-state index in [-0.39, 0.29) is 35.3 Å². The maximum atomic E-state index is 14.4. The predicted octanol–water partition coefficient (Wildman–Crippen LogP) is 4.17. The van der Waals surface area contributed by atoms with Crippen LogP contribution in [-0.2, 0) is 17.5 Å². The van der Waals surface area contributed by atoms with Crippen LogP contribution in [0.4, 0.5) is 26.7 Å². The van der Waals surface area contributed by atoms with Gasteiger partial charge in [-0.05, 0) is 6.07 Å². The van der Waals surface area contributed by atoms with Crippen LogP contribution in [0, 0.1) is 11.6 Å². The van der Waals surface area contributed by atoms with Gasteiger partial charge in [0.2, 0.25) is 0 Å². The number of amides is 2. The molecular formula is C19H16F5IN4O4. The summed E-state index contributed by atoms with van der Waals surface area (Å²) in [5.74, 6) is -3.53. The number of aliphatic hydroxyl groups is 1. The first kappa shape index (κ1) is 23.6. The average Bonchev–Trinajstić information content (AvgIpc) is 3.18. The first-order valence-corrected chi connectivity index (χ1v) is 13.5. The Kier molecular flexibility index (Phi) is 6.67. The van der Waals surface area contributed by atoms with Crippen LogP contribution in [-0.4, -0.2) is 42.3 Å². The summed E-state index contributed by atoms with van der Waals surface area (Å²) in [6.07, 6.45) is -4.02. The number of aliphatic hydroxyl groups excluding tert-OH is 1. The minimum atomic E-state index is -4.74. The van der Waals surface area contributed by atoms with E-state index < -0.39 is 61.1 Å². The van der Waals surface area contributed by atoms with Crippen LogP contribution >= 0.6 is 20.1 Å². The van der Waals surface area contributed by atoms with Crippen LogP contribution < -0.4 is 8.27 Å². The number of ether oxygens (including phenoxy) is 2. The van der Waals surface area contributed by atoms with E-state index in [1.165, 1.54) is 4.90 Å². The summed E-state index contributed by atoms with van der Waals surface area (Å²) < 4.78 is 81.3. The number of nitrogens with one attached hydrogen (secondary N) is 1. The predicted molar refractivity (Wildman–Crippen MR) is 113 cm³/mol. The molecule has 4 rings (SSSR count). The Bertz CT molecular complexity index is 1080. The van der Waals surface area contributed by atoms with Gasteiger partial charge in [0.1, 0.15) is 5.69 Å². The maximum absolute atomic E-state index is 14.4. The third-order valence-corrected chi connectivity index (χ3v) is 8.59. The molecule has 1 fully saturated rings. The van der Waals surface area contributed by atoms with Gasteiger partial charge in [-0.2, -0.15) is 13.2 Å². The molecule has 0 aliphatic carbocycles. The Balaban J connectivity index is 1.43. The van der Waals surface area contributed by atoms with Crippen molar-refractivity contribution in [1.82, 2.24) is 13.4 Å². The Morgan fingerprint density at radius 3 is 2.64 bits per heavy atom. The van der Waals surface area contributed by atoms with Gasteiger partial charge in [-0.3, -0.25) is 4.98 Å². The Morgan fingerprint density at radius 2 is 1.97 bits per heavy atom. The van der Waals surface area contributed by atoms with Crippen LogP contribution in [0.2, 0.25) is 0 Å². The Labute approximate surface area is 191 Å². The third-order valence-electron chi connectivity index (χ3n) is 4.61. The average molecular weight is 586 g/mol. The number of benzene rings is 1. The molecule has 2 N–H and O–H groups in total. The molecule has 1 aromatic carbocycles. The van der Waals surface area contributed by atoms with Gasteiger partial charge >= 0.3 is 149 Å². The molecule has 1 unspecified atom stereocenters. The zero-order valence-corrected chi connectivity index (χ0v) is 18.7. The van der Waals surface area contributed by atoms with Crippen LogP contribution in [0.1, 0.15) is 17.7 Å². The molecule has 0 bridgehead atoms. The number of nitrogens with zero attached hydrogens (tertiary/aromatic N) is 3. The van der Waals surface area contributed by atoms with Crippen LogP contribution in [0.5, 0.6) is 11.5 Å². The Hall–Kier alpha value is -2.59. The summed E-state index contributed by atoms with van der Waals surface area (Å²) in [5.41, 5.74) is -1.21. The van der Waals surface area contributed by atoms with E-state index in [2.05, 4.69) is 13.5 Å². The van der Waals surface area contributed by atoms with Gasteiger partial charge < -0.3 is 0 Å². The van der Waals surface area contributed by atoms with Gasteiger partial charge in [0.05, 0.1) is 0 Å². The monoisotopic (exact) mass is 586 g/mol. The summed E-state index contributed by atoms with van der Waals surface area (Å²) in [7, 11) is 0. The molecule has 2 aromatic rings. The van der Waals surface area contributed by atoms with Crippen molar-refractivity contribution in [3.05, 3.63) is 53.4 Å². The van der Waals surface area contributed by atoms with E-state index in [1.807, 2.05) is 0 Å². The number of aromatic nitrogens is 1. The van der Waals surface area contributed by atoms with E-state index in [9.17, 15) is 31.9 Å². The zero-order chi connectivity index (χ0) is 23.8. The third kappa shape index (κ3) is 5.33. The molecule has 14 heteroatoms. The summed E-state index contributed by atoms with van der Waals surface area (Å²) in [6.45, 7) is -0.303. The second-order valence-corrected chi connectivity index (χ2v) is 11.5. The van der Waals surface area contributed by atoms with E-state index in [4.69, 9.17) is 9.47 Å². The van der Waals surface area contributed by atoms with Crippen LogP contribution in [0.15, 0.2) is 35.5 Å². The molecule has 178 valence electrons. The van der Waals surface area contributed by atoms with E-state index in [0.717, 1.165) is 24.4 Å². The van der Waals surface area contributed by atoms with Gasteiger partial charge in [-0.25, -0.2) is 0 Å². The van der Waals surface area contributed by atoms with Crippen LogP contribution in [0.3, 0.4) is 0 Å². The Morgan fingerprint density at radius 1 is 1.24 bits per heavy atom. The molecule has 2 aliphatic heterocycles. The fourth-order valence-corrected chi connectivity index (χ4v) is 6.93. The number of hydrogen-bond acceptors (Lipinski definition) is 6. The standard InChI is InChI=1S/C19H16F5IN4O4/c20-12-3-10(7-32-16-6-15-28-25(9-30)8-29(15)18(31)27-16)4-13(21)17(12)33-11-1-2-26-14(5-11)19(22,23)24/h1-5,15,28,30H,6-9H2. The van der Waals surface area contributed by atoms with Gasteiger partial charge in [0.25, 0.3) is 0 Å². The number of carbonyl (C=O) groups excluding carboxylic acids is 1. The van der Waals surface area contributed by atoms with Crippen molar-refractivity contribution >= 4 is 32.0 Å². The van der Waals surface area contributed by atoms with Crippen molar-refractivity contribution in [1.29, 1.82) is 0 Å². The summed E-state index contributed by atoms with van der Waals surface area (Å²) in [5, 5.41) is 9.30. The van der Waals surface area contributed by atoms with E-state index in [1.54, 1.807) is 0 Å². The molecule has 2 amide bonds. The van der Waals surface area contributed by atoms with Crippen molar-refractivity contribution in [2.24, 2.45) is 4.99 Å². The first-order chi connectivity index (χ1) is 15.6. The molecule has 1 saturated heterocycles. The number of alkyl halides is 5. The van der Waals surface area contributed by atoms with E-state index in [0.29, 0.717) is 10.6 Å². The second-order valence-electron chi connectivity index (χ2n) is 6.94. The van der Waals surface area contributed by atoms with Gasteiger partial charge in [0, 0.05) is 12.3 Å². The van der Waals surface area contributed by atoms with Crippen molar-refractivity contribution in [3.63, 3.8) is 0 Å². The van der Waals surface area contributed by atoms with E-state index >= 15 is 0 Å². The molecule has 33 heavy (non-hydrogen) atoms. The van der Waals surface area contributed by atoms with Crippen molar-refractivity contribution < 1.29 is 41.3 Å². The normalized spacial score (nSPS) is 19.4. The molecule has 0 spiro atoms. The van der Waals surface area contributed by atoms with Crippen molar-refractivity contribution in [3.8, 4) is 11.5 Å². The van der Waals surface area contributed by atoms with Gasteiger partial charge in [-0.15, -0.1) is 0 Å². The number of urea groups is 1. The molecule has 0 radical (unpaired) electrons. The van der Waals surface area contributed by atoms with Crippen molar-refractivity contribution in [2.75, 3.05) is 9.17 Å². The first-order valence-electron chi connectivity index (χ1n) is 9.32. The fourth-order valence-electron chi connectivity index (χ4n) is 3.10. The topological polar surface area (TPSA) is 96.3 Å². The molecule has 3 heterocycles. The molecular weight excluding hydrogens is 570 g/mol. The molecule has 8 nitrogen and oxygen atoms in total.